The third kappa shape index (κ3) is 3.16. The van der Waals surface area contributed by atoms with Gasteiger partial charge < -0.3 is 0 Å². The molecule has 2 heterocycles. The van der Waals surface area contributed by atoms with Crippen LogP contribution in [0.4, 0.5) is 0 Å². The number of hydrogen-bond donors (Lipinski definition) is 0. The first-order valence-electron chi connectivity index (χ1n) is 4.51. The van der Waals surface area contributed by atoms with Gasteiger partial charge in [0.15, 0.2) is 0 Å². The van der Waals surface area contributed by atoms with Gasteiger partial charge in [-0.05, 0) is 34.5 Å². The fraction of sp³-hybridized carbons (Fsp3) is 0.182. The summed E-state index contributed by atoms with van der Waals surface area (Å²) in [6, 6.07) is 5.74. The van der Waals surface area contributed by atoms with Crippen LogP contribution >= 0.6 is 34.3 Å². The van der Waals surface area contributed by atoms with Crippen LogP contribution in [0, 0.1) is 0 Å². The summed E-state index contributed by atoms with van der Waals surface area (Å²) in [5.74, 6) is 0.243. The van der Waals surface area contributed by atoms with Gasteiger partial charge in [0.25, 0.3) is 0 Å². The van der Waals surface area contributed by atoms with E-state index in [2.05, 4.69) is 0 Å². The lowest BCUT2D eigenvalue weighted by molar-refractivity contribution is -0.117. The van der Waals surface area contributed by atoms with E-state index >= 15 is 0 Å². The molecule has 0 saturated heterocycles. The monoisotopic (exact) mass is 256 g/mol. The summed E-state index contributed by atoms with van der Waals surface area (Å²) in [6.45, 7) is 0. The molecule has 15 heavy (non-hydrogen) atoms. The van der Waals surface area contributed by atoms with Gasteiger partial charge in [-0.1, -0.05) is 11.6 Å². The maximum Gasteiger partial charge on any atom is 0.142 e. The van der Waals surface area contributed by atoms with Crippen molar-refractivity contribution in [3.8, 4) is 0 Å². The second kappa shape index (κ2) is 4.92. The van der Waals surface area contributed by atoms with E-state index in [1.165, 1.54) is 11.3 Å². The second-order valence-corrected chi connectivity index (χ2v) is 5.81. The first-order valence-corrected chi connectivity index (χ1v) is 6.65. The van der Waals surface area contributed by atoms with Gasteiger partial charge in [0, 0.05) is 17.7 Å². The van der Waals surface area contributed by atoms with E-state index in [0.717, 1.165) is 14.8 Å². The SMILES string of the molecule is O=C(Cc1ccsc1)Cc1ccc(Cl)s1. The van der Waals surface area contributed by atoms with E-state index in [-0.39, 0.29) is 5.78 Å². The van der Waals surface area contributed by atoms with E-state index in [9.17, 15) is 4.79 Å². The van der Waals surface area contributed by atoms with Crippen molar-refractivity contribution in [3.05, 3.63) is 43.7 Å². The van der Waals surface area contributed by atoms with Crippen LogP contribution in [0.15, 0.2) is 29.0 Å². The summed E-state index contributed by atoms with van der Waals surface area (Å²) in [5, 5.41) is 4.00. The molecule has 0 radical (unpaired) electrons. The Morgan fingerprint density at radius 2 is 2.13 bits per heavy atom. The Bertz CT molecular complexity index is 445. The fourth-order valence-electron chi connectivity index (χ4n) is 1.32. The Kier molecular flexibility index (Phi) is 3.57. The van der Waals surface area contributed by atoms with Crippen LogP contribution in [-0.2, 0) is 17.6 Å². The minimum Gasteiger partial charge on any atom is -0.299 e. The zero-order chi connectivity index (χ0) is 10.7. The van der Waals surface area contributed by atoms with Gasteiger partial charge in [-0.15, -0.1) is 11.3 Å². The molecule has 2 aromatic rings. The summed E-state index contributed by atoms with van der Waals surface area (Å²) in [4.78, 5) is 12.7. The molecule has 0 aromatic carbocycles. The average Bonchev–Trinajstić information content (AvgIpc) is 2.77. The van der Waals surface area contributed by atoms with E-state index in [0.29, 0.717) is 12.8 Å². The lowest BCUT2D eigenvalue weighted by Gasteiger charge is -1.96. The third-order valence-corrected chi connectivity index (χ3v) is 3.94. The smallest absolute Gasteiger partial charge is 0.142 e. The Morgan fingerprint density at radius 3 is 2.73 bits per heavy atom. The number of halogens is 1. The Labute approximate surface area is 101 Å². The molecule has 1 nitrogen and oxygen atoms in total. The average molecular weight is 257 g/mol. The Morgan fingerprint density at radius 1 is 1.27 bits per heavy atom. The number of ketones is 1. The number of Topliss-reactive ketones (excluding diaryl/α,β-unsaturated/α-hetero) is 1. The number of hydrogen-bond acceptors (Lipinski definition) is 3. The number of carbonyl (C=O) groups is 1. The molecule has 0 amide bonds. The predicted molar refractivity (Wildman–Crippen MR) is 66.1 cm³/mol. The number of thiophene rings is 2. The molecular weight excluding hydrogens is 248 g/mol. The van der Waals surface area contributed by atoms with Gasteiger partial charge in [0.05, 0.1) is 4.34 Å². The van der Waals surface area contributed by atoms with Crippen LogP contribution in [0.1, 0.15) is 10.4 Å². The van der Waals surface area contributed by atoms with Gasteiger partial charge in [0.1, 0.15) is 5.78 Å². The minimum atomic E-state index is 0.243. The second-order valence-electron chi connectivity index (χ2n) is 3.23. The quantitative estimate of drug-likeness (QED) is 0.813. The van der Waals surface area contributed by atoms with Gasteiger partial charge in [0.2, 0.25) is 0 Å². The van der Waals surface area contributed by atoms with Crippen LogP contribution < -0.4 is 0 Å². The molecule has 4 heteroatoms. The van der Waals surface area contributed by atoms with Crippen LogP contribution in [0.5, 0.6) is 0 Å². The van der Waals surface area contributed by atoms with Crippen LogP contribution in [-0.4, -0.2) is 5.78 Å². The Hall–Kier alpha value is -0.640. The molecule has 0 bridgehead atoms. The standard InChI is InChI=1S/C11H9ClOS2/c12-11-2-1-10(15-11)6-9(13)5-8-3-4-14-7-8/h1-4,7H,5-6H2. The van der Waals surface area contributed by atoms with Crippen molar-refractivity contribution >= 4 is 40.1 Å². The van der Waals surface area contributed by atoms with Crippen molar-refractivity contribution in [1.29, 1.82) is 0 Å². The molecular formula is C11H9ClOS2. The van der Waals surface area contributed by atoms with Crippen molar-refractivity contribution in [3.63, 3.8) is 0 Å². The largest absolute Gasteiger partial charge is 0.299 e. The van der Waals surface area contributed by atoms with Gasteiger partial charge in [-0.2, -0.15) is 11.3 Å². The van der Waals surface area contributed by atoms with Crippen molar-refractivity contribution in [1.82, 2.24) is 0 Å². The van der Waals surface area contributed by atoms with E-state index in [1.54, 1.807) is 11.3 Å². The van der Waals surface area contributed by atoms with Crippen LogP contribution in [0.25, 0.3) is 0 Å². The molecule has 0 spiro atoms. The molecule has 0 fully saturated rings. The number of carbonyl (C=O) groups excluding carboxylic acids is 1. The maximum atomic E-state index is 11.7. The van der Waals surface area contributed by atoms with Crippen molar-refractivity contribution in [2.24, 2.45) is 0 Å². The first kappa shape index (κ1) is 10.9. The highest BCUT2D eigenvalue weighted by molar-refractivity contribution is 7.16. The van der Waals surface area contributed by atoms with Crippen LogP contribution in [0.3, 0.4) is 0 Å². The van der Waals surface area contributed by atoms with Gasteiger partial charge >= 0.3 is 0 Å². The molecule has 0 atom stereocenters. The minimum absolute atomic E-state index is 0.243. The normalized spacial score (nSPS) is 10.5. The molecule has 0 aliphatic heterocycles. The topological polar surface area (TPSA) is 17.1 Å². The lowest BCUT2D eigenvalue weighted by Crippen LogP contribution is -2.04. The van der Waals surface area contributed by atoms with E-state index < -0.39 is 0 Å². The highest BCUT2D eigenvalue weighted by Gasteiger charge is 2.07. The lowest BCUT2D eigenvalue weighted by atomic mass is 10.1. The van der Waals surface area contributed by atoms with E-state index in [4.69, 9.17) is 11.6 Å². The molecule has 2 rings (SSSR count). The van der Waals surface area contributed by atoms with Gasteiger partial charge in [-0.3, -0.25) is 4.79 Å². The summed E-state index contributed by atoms with van der Waals surface area (Å²) in [7, 11) is 0. The molecule has 0 aliphatic rings. The molecule has 0 saturated carbocycles. The summed E-state index contributed by atoms with van der Waals surface area (Å²) in [6.07, 6.45) is 1.02. The molecule has 0 unspecified atom stereocenters. The summed E-state index contributed by atoms with van der Waals surface area (Å²) >= 11 is 8.89. The molecule has 0 N–H and O–H groups in total. The summed E-state index contributed by atoms with van der Waals surface area (Å²) in [5.41, 5.74) is 1.10. The zero-order valence-corrected chi connectivity index (χ0v) is 10.3. The highest BCUT2D eigenvalue weighted by Crippen LogP contribution is 2.22. The molecule has 0 aliphatic carbocycles. The summed E-state index contributed by atoms with van der Waals surface area (Å²) < 4.78 is 0.744. The van der Waals surface area contributed by atoms with Crippen molar-refractivity contribution in [2.45, 2.75) is 12.8 Å². The number of rotatable bonds is 4. The highest BCUT2D eigenvalue weighted by atomic mass is 35.5. The predicted octanol–water partition coefficient (Wildman–Crippen LogP) is 3.82. The third-order valence-electron chi connectivity index (χ3n) is 1.98. The van der Waals surface area contributed by atoms with Crippen molar-refractivity contribution in [2.75, 3.05) is 0 Å². The fourth-order valence-corrected chi connectivity index (χ4v) is 3.11. The van der Waals surface area contributed by atoms with Crippen molar-refractivity contribution < 1.29 is 4.79 Å². The molecule has 2 aromatic heterocycles. The van der Waals surface area contributed by atoms with E-state index in [1.807, 2.05) is 29.0 Å². The Balaban J connectivity index is 1.93. The maximum absolute atomic E-state index is 11.7. The zero-order valence-electron chi connectivity index (χ0n) is 7.90. The van der Waals surface area contributed by atoms with Crippen LogP contribution in [0.2, 0.25) is 4.34 Å². The van der Waals surface area contributed by atoms with Gasteiger partial charge in [-0.25, -0.2) is 0 Å². The first-order chi connectivity index (χ1) is 7.24. The molecule has 78 valence electrons.